The Hall–Kier alpha value is -2.69. The molecule has 0 atom stereocenters. The van der Waals surface area contributed by atoms with E-state index in [9.17, 15) is 10.1 Å². The van der Waals surface area contributed by atoms with Crippen molar-refractivity contribution in [3.8, 4) is 0 Å². The fourth-order valence-electron chi connectivity index (χ4n) is 1.58. The number of nitro groups is 1. The highest BCUT2D eigenvalue weighted by Crippen LogP contribution is 2.13. The van der Waals surface area contributed by atoms with Crippen LogP contribution in [0.2, 0.25) is 0 Å². The zero-order chi connectivity index (χ0) is 13.7. The van der Waals surface area contributed by atoms with Gasteiger partial charge in [-0.25, -0.2) is 0 Å². The number of non-ortho nitro benzene ring substituents is 1. The lowest BCUT2D eigenvalue weighted by molar-refractivity contribution is -0.384. The standard InChI is InChI=1S/C14H13N3O2/c1-16(13-7-3-2-4-8-13)15-11-12-6-5-9-14(10-12)17(18)19/h2-11H,1H3. The summed E-state index contributed by atoms with van der Waals surface area (Å²) < 4.78 is 0. The van der Waals surface area contributed by atoms with E-state index in [0.717, 1.165) is 5.69 Å². The molecule has 19 heavy (non-hydrogen) atoms. The lowest BCUT2D eigenvalue weighted by Crippen LogP contribution is -2.08. The van der Waals surface area contributed by atoms with Crippen LogP contribution in [0.4, 0.5) is 11.4 Å². The van der Waals surface area contributed by atoms with Gasteiger partial charge in [0.15, 0.2) is 0 Å². The zero-order valence-corrected chi connectivity index (χ0v) is 10.4. The van der Waals surface area contributed by atoms with Gasteiger partial charge in [-0.05, 0) is 12.1 Å². The molecule has 0 saturated heterocycles. The van der Waals surface area contributed by atoms with Crippen LogP contribution in [0.15, 0.2) is 59.7 Å². The molecule has 0 spiro atoms. The summed E-state index contributed by atoms with van der Waals surface area (Å²) in [6.45, 7) is 0. The first-order valence-corrected chi connectivity index (χ1v) is 5.74. The largest absolute Gasteiger partial charge is 0.270 e. The van der Waals surface area contributed by atoms with E-state index in [2.05, 4.69) is 5.10 Å². The number of hydrazone groups is 1. The minimum absolute atomic E-state index is 0.0614. The molecule has 0 aliphatic carbocycles. The molecule has 0 aliphatic heterocycles. The second-order valence-corrected chi connectivity index (χ2v) is 3.96. The van der Waals surface area contributed by atoms with E-state index >= 15 is 0 Å². The average molecular weight is 255 g/mol. The SMILES string of the molecule is CN(N=Cc1cccc([N+](=O)[O-])c1)c1ccccc1. The third-order valence-electron chi connectivity index (χ3n) is 2.59. The van der Waals surface area contributed by atoms with Crippen LogP contribution in [0, 0.1) is 10.1 Å². The van der Waals surface area contributed by atoms with E-state index in [1.54, 1.807) is 23.4 Å². The van der Waals surface area contributed by atoms with Crippen LogP contribution in [0.3, 0.4) is 0 Å². The van der Waals surface area contributed by atoms with Gasteiger partial charge in [-0.1, -0.05) is 30.3 Å². The van der Waals surface area contributed by atoms with Gasteiger partial charge in [0.1, 0.15) is 0 Å². The maximum absolute atomic E-state index is 10.7. The summed E-state index contributed by atoms with van der Waals surface area (Å²) in [5.41, 5.74) is 1.70. The highest BCUT2D eigenvalue weighted by Gasteiger charge is 2.04. The Morgan fingerprint density at radius 2 is 1.89 bits per heavy atom. The highest BCUT2D eigenvalue weighted by molar-refractivity contribution is 5.81. The molecule has 0 aromatic heterocycles. The Labute approximate surface area is 110 Å². The number of hydrogen-bond acceptors (Lipinski definition) is 4. The number of nitro benzene ring substituents is 1. The number of benzene rings is 2. The summed E-state index contributed by atoms with van der Waals surface area (Å²) >= 11 is 0. The average Bonchev–Trinajstić information content (AvgIpc) is 2.46. The maximum Gasteiger partial charge on any atom is 0.270 e. The van der Waals surface area contributed by atoms with Crippen LogP contribution in [-0.2, 0) is 0 Å². The molecule has 0 bridgehead atoms. The van der Waals surface area contributed by atoms with Crippen molar-refractivity contribution < 1.29 is 4.92 Å². The second-order valence-electron chi connectivity index (χ2n) is 3.96. The molecule has 5 nitrogen and oxygen atoms in total. The van der Waals surface area contributed by atoms with Crippen molar-refractivity contribution in [1.29, 1.82) is 0 Å². The molecule has 2 rings (SSSR count). The third kappa shape index (κ3) is 3.38. The molecule has 0 unspecified atom stereocenters. The van der Waals surface area contributed by atoms with Crippen LogP contribution in [0.5, 0.6) is 0 Å². The van der Waals surface area contributed by atoms with Gasteiger partial charge in [-0.15, -0.1) is 0 Å². The van der Waals surface area contributed by atoms with Crippen LogP contribution >= 0.6 is 0 Å². The van der Waals surface area contributed by atoms with E-state index in [1.165, 1.54) is 12.1 Å². The third-order valence-corrected chi connectivity index (χ3v) is 2.59. The van der Waals surface area contributed by atoms with Gasteiger partial charge in [0.2, 0.25) is 0 Å². The molecule has 2 aromatic rings. The minimum Gasteiger partial charge on any atom is -0.269 e. The monoisotopic (exact) mass is 255 g/mol. The Bertz CT molecular complexity index is 597. The predicted molar refractivity (Wildman–Crippen MR) is 75.5 cm³/mol. The zero-order valence-electron chi connectivity index (χ0n) is 10.4. The van der Waals surface area contributed by atoms with E-state index in [4.69, 9.17) is 0 Å². The lowest BCUT2D eigenvalue weighted by Gasteiger charge is -2.11. The summed E-state index contributed by atoms with van der Waals surface area (Å²) in [5, 5.41) is 16.6. The summed E-state index contributed by atoms with van der Waals surface area (Å²) in [6, 6.07) is 16.0. The molecule has 0 fully saturated rings. The molecule has 0 aliphatic rings. The van der Waals surface area contributed by atoms with Crippen molar-refractivity contribution in [2.75, 3.05) is 12.1 Å². The van der Waals surface area contributed by atoms with Crippen molar-refractivity contribution in [3.05, 3.63) is 70.3 Å². The number of hydrogen-bond donors (Lipinski definition) is 0. The van der Waals surface area contributed by atoms with Crippen molar-refractivity contribution in [2.45, 2.75) is 0 Å². The number of nitrogens with zero attached hydrogens (tertiary/aromatic N) is 3. The molecule has 2 aromatic carbocycles. The maximum atomic E-state index is 10.7. The molecule has 0 heterocycles. The van der Waals surface area contributed by atoms with Crippen LogP contribution < -0.4 is 5.01 Å². The van der Waals surface area contributed by atoms with Crippen molar-refractivity contribution in [3.63, 3.8) is 0 Å². The van der Waals surface area contributed by atoms with E-state index in [-0.39, 0.29) is 5.69 Å². The van der Waals surface area contributed by atoms with Crippen LogP contribution in [0.1, 0.15) is 5.56 Å². The van der Waals surface area contributed by atoms with Crippen LogP contribution in [0.25, 0.3) is 0 Å². The summed E-state index contributed by atoms with van der Waals surface area (Å²) in [6.07, 6.45) is 1.60. The lowest BCUT2D eigenvalue weighted by atomic mass is 10.2. The molecule has 5 heteroatoms. The molecule has 0 saturated carbocycles. The number of rotatable bonds is 4. The summed E-state index contributed by atoms with van der Waals surface area (Å²) in [4.78, 5) is 10.2. The first-order valence-electron chi connectivity index (χ1n) is 5.74. The van der Waals surface area contributed by atoms with E-state index in [0.29, 0.717) is 5.56 Å². The quantitative estimate of drug-likeness (QED) is 0.479. The normalized spacial score (nSPS) is 10.6. The van der Waals surface area contributed by atoms with Gasteiger partial charge in [-0.3, -0.25) is 15.1 Å². The molecule has 96 valence electrons. The molecule has 0 N–H and O–H groups in total. The van der Waals surface area contributed by atoms with Gasteiger partial charge < -0.3 is 0 Å². The van der Waals surface area contributed by atoms with Crippen molar-refractivity contribution in [1.82, 2.24) is 0 Å². The Morgan fingerprint density at radius 1 is 1.16 bits per heavy atom. The molecular formula is C14H13N3O2. The predicted octanol–water partition coefficient (Wildman–Crippen LogP) is 3.07. The molecular weight excluding hydrogens is 242 g/mol. The van der Waals surface area contributed by atoms with Gasteiger partial charge in [0.25, 0.3) is 5.69 Å². The highest BCUT2D eigenvalue weighted by atomic mass is 16.6. The smallest absolute Gasteiger partial charge is 0.269 e. The first kappa shape index (κ1) is 12.8. The fourth-order valence-corrected chi connectivity index (χ4v) is 1.58. The topological polar surface area (TPSA) is 58.7 Å². The Balaban J connectivity index is 2.14. The van der Waals surface area contributed by atoms with E-state index < -0.39 is 4.92 Å². The Kier molecular flexibility index (Phi) is 3.87. The Morgan fingerprint density at radius 3 is 2.58 bits per heavy atom. The summed E-state index contributed by atoms with van der Waals surface area (Å²) in [5.74, 6) is 0. The molecule has 0 radical (unpaired) electrons. The van der Waals surface area contributed by atoms with Gasteiger partial charge in [0, 0.05) is 24.7 Å². The molecule has 0 amide bonds. The van der Waals surface area contributed by atoms with Gasteiger partial charge >= 0.3 is 0 Å². The van der Waals surface area contributed by atoms with Crippen LogP contribution in [-0.4, -0.2) is 18.2 Å². The first-order chi connectivity index (χ1) is 9.16. The van der Waals surface area contributed by atoms with Crippen molar-refractivity contribution >= 4 is 17.6 Å². The minimum atomic E-state index is -0.418. The van der Waals surface area contributed by atoms with Gasteiger partial charge in [0.05, 0.1) is 16.8 Å². The fraction of sp³-hybridized carbons (Fsp3) is 0.0714. The summed E-state index contributed by atoms with van der Waals surface area (Å²) in [7, 11) is 1.82. The second kappa shape index (κ2) is 5.77. The van der Waals surface area contributed by atoms with Gasteiger partial charge in [-0.2, -0.15) is 5.10 Å². The van der Waals surface area contributed by atoms with Crippen molar-refractivity contribution in [2.24, 2.45) is 5.10 Å². The van der Waals surface area contributed by atoms with E-state index in [1.807, 2.05) is 37.4 Å². The number of para-hydroxylation sites is 1. The number of anilines is 1.